The van der Waals surface area contributed by atoms with Crippen molar-refractivity contribution in [1.29, 1.82) is 5.26 Å². The highest BCUT2D eigenvalue weighted by molar-refractivity contribution is 5.93. The number of fused-ring (bicyclic) bond motifs is 1. The highest BCUT2D eigenvalue weighted by atomic mass is 19.4. The Bertz CT molecular complexity index is 1390. The number of alkyl halides is 3. The van der Waals surface area contributed by atoms with Crippen LogP contribution in [0.15, 0.2) is 36.7 Å². The number of hydrogen-bond donors (Lipinski definition) is 2. The van der Waals surface area contributed by atoms with E-state index in [-0.39, 0.29) is 5.69 Å². The maximum absolute atomic E-state index is 13.4. The summed E-state index contributed by atoms with van der Waals surface area (Å²) in [5.41, 5.74) is -0.741. The molecule has 2 aliphatic rings. The molecule has 3 aromatic rings. The molecule has 11 heteroatoms. The number of rotatable bonds is 9. The molecule has 2 aromatic carbocycles. The lowest BCUT2D eigenvalue weighted by Gasteiger charge is -2.43. The van der Waals surface area contributed by atoms with Crippen molar-refractivity contribution in [2.75, 3.05) is 38.7 Å². The average Bonchev–Trinajstić information content (AvgIpc) is 2.99. The Morgan fingerprint density at radius 2 is 1.93 bits per heavy atom. The third-order valence-electron chi connectivity index (χ3n) is 8.02. The van der Waals surface area contributed by atoms with Gasteiger partial charge < -0.3 is 20.1 Å². The molecule has 0 amide bonds. The van der Waals surface area contributed by atoms with E-state index < -0.39 is 17.3 Å². The third-order valence-corrected chi connectivity index (χ3v) is 8.02. The van der Waals surface area contributed by atoms with Gasteiger partial charge in [-0.1, -0.05) is 6.42 Å². The van der Waals surface area contributed by atoms with Crippen LogP contribution in [0.4, 0.5) is 24.7 Å². The van der Waals surface area contributed by atoms with E-state index in [1.54, 1.807) is 25.3 Å². The van der Waals surface area contributed by atoms with Gasteiger partial charge in [-0.2, -0.15) is 18.4 Å². The van der Waals surface area contributed by atoms with Gasteiger partial charge in [0.25, 0.3) is 0 Å². The van der Waals surface area contributed by atoms with Gasteiger partial charge in [-0.25, -0.2) is 9.97 Å². The number of halogens is 3. The topological polar surface area (TPSA) is 95.3 Å². The zero-order chi connectivity index (χ0) is 28.8. The fourth-order valence-corrected chi connectivity index (χ4v) is 5.98. The highest BCUT2D eigenvalue weighted by Crippen LogP contribution is 2.37. The van der Waals surface area contributed by atoms with Crippen LogP contribution in [0.5, 0.6) is 11.5 Å². The number of aromatic nitrogens is 2. The number of nitrogens with one attached hydrogen (secondary N) is 2. The Morgan fingerprint density at radius 1 is 1.10 bits per heavy atom. The van der Waals surface area contributed by atoms with Crippen LogP contribution in [0.3, 0.4) is 0 Å². The lowest BCUT2D eigenvalue weighted by molar-refractivity contribution is -0.137. The summed E-state index contributed by atoms with van der Waals surface area (Å²) in [6.45, 7) is 3.92. The average molecular weight is 569 g/mol. The molecule has 41 heavy (non-hydrogen) atoms. The van der Waals surface area contributed by atoms with Gasteiger partial charge in [-0.15, -0.1) is 0 Å². The van der Waals surface area contributed by atoms with E-state index in [4.69, 9.17) is 14.7 Å². The number of methoxy groups -OCH3 is 1. The molecular formula is C30H35F3N6O2. The van der Waals surface area contributed by atoms with Crippen molar-refractivity contribution in [3.63, 3.8) is 0 Å². The molecule has 1 atom stereocenters. The SMILES string of the molecule is COc1cc2c(Nc3ccc(C#N)c(C(F)(F)F)c3)ncnc2cc1OCCCC1CCCCN1C1CCNCC1. The summed E-state index contributed by atoms with van der Waals surface area (Å²) in [5.74, 6) is 1.36. The molecule has 1 aromatic heterocycles. The molecule has 2 N–H and O–H groups in total. The summed E-state index contributed by atoms with van der Waals surface area (Å²) in [7, 11) is 1.54. The Morgan fingerprint density at radius 3 is 2.68 bits per heavy atom. The second-order valence-corrected chi connectivity index (χ2v) is 10.6. The van der Waals surface area contributed by atoms with Crippen molar-refractivity contribution in [3.8, 4) is 17.6 Å². The Hall–Kier alpha value is -3.62. The highest BCUT2D eigenvalue weighted by Gasteiger charge is 2.34. The normalized spacial score (nSPS) is 18.7. The van der Waals surface area contributed by atoms with E-state index in [9.17, 15) is 13.2 Å². The summed E-state index contributed by atoms with van der Waals surface area (Å²) < 4.78 is 52.1. The summed E-state index contributed by atoms with van der Waals surface area (Å²) in [6.07, 6.45) is 4.91. The molecule has 0 aliphatic carbocycles. The van der Waals surface area contributed by atoms with Crippen LogP contribution in [0, 0.1) is 11.3 Å². The summed E-state index contributed by atoms with van der Waals surface area (Å²) in [6, 6.07) is 9.80. The van der Waals surface area contributed by atoms with Gasteiger partial charge in [-0.3, -0.25) is 4.90 Å². The number of piperidine rings is 2. The van der Waals surface area contributed by atoms with E-state index in [0.29, 0.717) is 46.9 Å². The van der Waals surface area contributed by atoms with Crippen LogP contribution in [-0.2, 0) is 6.18 Å². The van der Waals surface area contributed by atoms with Crippen molar-refractivity contribution in [2.45, 2.75) is 63.2 Å². The lowest BCUT2D eigenvalue weighted by Crippen LogP contribution is -2.50. The molecule has 2 aliphatic heterocycles. The number of nitriles is 1. The fraction of sp³-hybridized carbons (Fsp3) is 0.500. The summed E-state index contributed by atoms with van der Waals surface area (Å²) in [4.78, 5) is 11.3. The van der Waals surface area contributed by atoms with Crippen LogP contribution in [0.25, 0.3) is 10.9 Å². The first kappa shape index (κ1) is 28.9. The molecule has 0 saturated carbocycles. The first-order valence-electron chi connectivity index (χ1n) is 14.2. The molecule has 0 radical (unpaired) electrons. The van der Waals surface area contributed by atoms with E-state index in [1.165, 1.54) is 51.0 Å². The van der Waals surface area contributed by atoms with Crippen LogP contribution in [0.2, 0.25) is 0 Å². The van der Waals surface area contributed by atoms with Crippen molar-refractivity contribution < 1.29 is 22.6 Å². The smallest absolute Gasteiger partial charge is 0.417 e. The van der Waals surface area contributed by atoms with Crippen molar-refractivity contribution in [2.24, 2.45) is 0 Å². The number of nitrogens with zero attached hydrogens (tertiary/aromatic N) is 4. The summed E-state index contributed by atoms with van der Waals surface area (Å²) in [5, 5.41) is 16.0. The molecule has 0 bridgehead atoms. The van der Waals surface area contributed by atoms with Gasteiger partial charge >= 0.3 is 6.18 Å². The zero-order valence-corrected chi connectivity index (χ0v) is 23.1. The van der Waals surface area contributed by atoms with E-state index in [1.807, 2.05) is 0 Å². The van der Waals surface area contributed by atoms with Gasteiger partial charge in [-0.05, 0) is 82.4 Å². The summed E-state index contributed by atoms with van der Waals surface area (Å²) >= 11 is 0. The molecule has 218 valence electrons. The van der Waals surface area contributed by atoms with E-state index in [2.05, 4.69) is 25.5 Å². The molecular weight excluding hydrogens is 533 g/mol. The fourth-order valence-electron chi connectivity index (χ4n) is 5.98. The van der Waals surface area contributed by atoms with Crippen LogP contribution >= 0.6 is 0 Å². The zero-order valence-electron chi connectivity index (χ0n) is 23.1. The molecule has 2 saturated heterocycles. The quantitative estimate of drug-likeness (QED) is 0.302. The largest absolute Gasteiger partial charge is 0.493 e. The third kappa shape index (κ3) is 6.82. The van der Waals surface area contributed by atoms with E-state index in [0.717, 1.165) is 38.1 Å². The van der Waals surface area contributed by atoms with E-state index >= 15 is 0 Å². The number of benzene rings is 2. The predicted octanol–water partition coefficient (Wildman–Crippen LogP) is 6.04. The number of likely N-dealkylation sites (tertiary alicyclic amines) is 1. The molecule has 8 nitrogen and oxygen atoms in total. The Labute approximate surface area is 237 Å². The first-order valence-corrected chi connectivity index (χ1v) is 14.2. The molecule has 1 unspecified atom stereocenters. The monoisotopic (exact) mass is 568 g/mol. The Kier molecular flexibility index (Phi) is 9.10. The second kappa shape index (κ2) is 12.9. The standard InChI is InChI=1S/C30H35F3N6O2/c1-40-27-16-24-26(36-19-37-29(24)38-21-8-7-20(18-34)25(15-21)30(31,32)33)17-28(27)41-14-4-6-22-5-2-3-13-39(22)23-9-11-35-12-10-23/h7-8,15-17,19,22-23,35H,2-6,9-14H2,1H3,(H,36,37,38). The van der Waals surface area contributed by atoms with Crippen molar-refractivity contribution in [3.05, 3.63) is 47.8 Å². The maximum Gasteiger partial charge on any atom is 0.417 e. The van der Waals surface area contributed by atoms with Crippen LogP contribution in [0.1, 0.15) is 56.1 Å². The minimum Gasteiger partial charge on any atom is -0.493 e. The van der Waals surface area contributed by atoms with Crippen LogP contribution in [-0.4, -0.2) is 60.3 Å². The van der Waals surface area contributed by atoms with Crippen molar-refractivity contribution in [1.82, 2.24) is 20.2 Å². The predicted molar refractivity (Wildman–Crippen MR) is 150 cm³/mol. The van der Waals surface area contributed by atoms with Crippen LogP contribution < -0.4 is 20.1 Å². The maximum atomic E-state index is 13.4. The number of anilines is 2. The minimum absolute atomic E-state index is 0.150. The van der Waals surface area contributed by atoms with Crippen molar-refractivity contribution >= 4 is 22.4 Å². The molecule has 0 spiro atoms. The van der Waals surface area contributed by atoms with Gasteiger partial charge in [0.05, 0.1) is 36.4 Å². The first-order chi connectivity index (χ1) is 19.9. The molecule has 3 heterocycles. The molecule has 5 rings (SSSR count). The molecule has 2 fully saturated rings. The Balaban J connectivity index is 1.27. The number of ether oxygens (including phenoxy) is 2. The lowest BCUT2D eigenvalue weighted by atomic mass is 9.93. The van der Waals surface area contributed by atoms with Gasteiger partial charge in [0.15, 0.2) is 11.5 Å². The van der Waals surface area contributed by atoms with Gasteiger partial charge in [0.2, 0.25) is 0 Å². The minimum atomic E-state index is -4.66. The van der Waals surface area contributed by atoms with Gasteiger partial charge in [0.1, 0.15) is 12.1 Å². The second-order valence-electron chi connectivity index (χ2n) is 10.6. The van der Waals surface area contributed by atoms with Gasteiger partial charge in [0, 0.05) is 29.2 Å². The number of hydrogen-bond acceptors (Lipinski definition) is 8.